The lowest BCUT2D eigenvalue weighted by Crippen LogP contribution is -2.54. The molecule has 1 aromatic carbocycles. The minimum absolute atomic E-state index is 0.226. The summed E-state index contributed by atoms with van der Waals surface area (Å²) in [5.41, 5.74) is 0.631. The van der Waals surface area contributed by atoms with E-state index in [9.17, 15) is 4.39 Å². The van der Waals surface area contributed by atoms with E-state index in [1.54, 1.807) is 12.1 Å². The molecule has 0 aliphatic carbocycles. The third-order valence-electron chi connectivity index (χ3n) is 3.30. The highest BCUT2D eigenvalue weighted by atomic mass is 19.1. The molecule has 0 radical (unpaired) electrons. The van der Waals surface area contributed by atoms with Crippen LogP contribution in [0.1, 0.15) is 12.0 Å². The van der Waals surface area contributed by atoms with E-state index >= 15 is 0 Å². The fourth-order valence-corrected chi connectivity index (χ4v) is 2.47. The SMILES string of the molecule is Fc1ccc2c(c1)[C@]1(CCO2)COCCN1. The molecule has 86 valence electrons. The lowest BCUT2D eigenvalue weighted by molar-refractivity contribution is 0.00546. The van der Waals surface area contributed by atoms with Crippen LogP contribution in [0.4, 0.5) is 4.39 Å². The highest BCUT2D eigenvalue weighted by Crippen LogP contribution is 2.38. The molecule has 1 N–H and O–H groups in total. The first-order chi connectivity index (χ1) is 7.80. The summed E-state index contributed by atoms with van der Waals surface area (Å²) in [6, 6.07) is 4.68. The molecule has 2 aliphatic heterocycles. The van der Waals surface area contributed by atoms with Crippen LogP contribution in [0.5, 0.6) is 5.75 Å². The van der Waals surface area contributed by atoms with Crippen molar-refractivity contribution in [3.63, 3.8) is 0 Å². The normalized spacial score (nSPS) is 28.6. The van der Waals surface area contributed by atoms with Crippen molar-refractivity contribution in [2.75, 3.05) is 26.4 Å². The average molecular weight is 223 g/mol. The first kappa shape index (κ1) is 10.1. The van der Waals surface area contributed by atoms with Gasteiger partial charge in [-0.15, -0.1) is 0 Å². The van der Waals surface area contributed by atoms with E-state index in [1.807, 2.05) is 0 Å². The largest absolute Gasteiger partial charge is 0.493 e. The van der Waals surface area contributed by atoms with Crippen molar-refractivity contribution < 1.29 is 13.9 Å². The Labute approximate surface area is 93.6 Å². The van der Waals surface area contributed by atoms with Gasteiger partial charge in [0.1, 0.15) is 11.6 Å². The first-order valence-corrected chi connectivity index (χ1v) is 5.56. The van der Waals surface area contributed by atoms with E-state index in [0.717, 1.165) is 24.3 Å². The zero-order chi connectivity index (χ0) is 11.0. The van der Waals surface area contributed by atoms with Gasteiger partial charge in [0, 0.05) is 18.5 Å². The van der Waals surface area contributed by atoms with Crippen LogP contribution in [0.25, 0.3) is 0 Å². The number of benzene rings is 1. The van der Waals surface area contributed by atoms with Crippen molar-refractivity contribution in [1.29, 1.82) is 0 Å². The van der Waals surface area contributed by atoms with E-state index < -0.39 is 0 Å². The molecule has 3 rings (SSSR count). The molecule has 3 nitrogen and oxygen atoms in total. The van der Waals surface area contributed by atoms with Gasteiger partial charge in [-0.2, -0.15) is 0 Å². The maximum atomic E-state index is 13.3. The number of hydrogen-bond acceptors (Lipinski definition) is 3. The lowest BCUT2D eigenvalue weighted by atomic mass is 9.84. The van der Waals surface area contributed by atoms with Gasteiger partial charge in [0.25, 0.3) is 0 Å². The second-order valence-corrected chi connectivity index (χ2v) is 4.30. The predicted octanol–water partition coefficient (Wildman–Crippen LogP) is 1.42. The van der Waals surface area contributed by atoms with Crippen LogP contribution in [-0.2, 0) is 10.3 Å². The molecule has 4 heteroatoms. The van der Waals surface area contributed by atoms with Crippen molar-refractivity contribution in [3.8, 4) is 5.75 Å². The summed E-state index contributed by atoms with van der Waals surface area (Å²) in [6.07, 6.45) is 0.823. The van der Waals surface area contributed by atoms with Gasteiger partial charge in [-0.25, -0.2) is 4.39 Å². The number of ether oxygens (including phenoxy) is 2. The second kappa shape index (κ2) is 3.71. The van der Waals surface area contributed by atoms with E-state index in [-0.39, 0.29) is 11.4 Å². The van der Waals surface area contributed by atoms with E-state index in [1.165, 1.54) is 6.07 Å². The van der Waals surface area contributed by atoms with Gasteiger partial charge < -0.3 is 14.8 Å². The monoisotopic (exact) mass is 223 g/mol. The maximum Gasteiger partial charge on any atom is 0.124 e. The second-order valence-electron chi connectivity index (χ2n) is 4.30. The Morgan fingerprint density at radius 1 is 1.31 bits per heavy atom. The molecule has 0 aromatic heterocycles. The summed E-state index contributed by atoms with van der Waals surface area (Å²) >= 11 is 0. The number of hydrogen-bond donors (Lipinski definition) is 1. The number of rotatable bonds is 0. The minimum atomic E-state index is -0.256. The summed E-state index contributed by atoms with van der Waals surface area (Å²) in [5, 5.41) is 3.45. The number of halogens is 1. The van der Waals surface area contributed by atoms with Crippen LogP contribution >= 0.6 is 0 Å². The van der Waals surface area contributed by atoms with Gasteiger partial charge in [-0.1, -0.05) is 0 Å². The molecule has 1 atom stereocenters. The molecular weight excluding hydrogens is 209 g/mol. The Bertz CT molecular complexity index is 402. The van der Waals surface area contributed by atoms with E-state index in [0.29, 0.717) is 19.8 Å². The summed E-state index contributed by atoms with van der Waals surface area (Å²) in [4.78, 5) is 0. The number of nitrogens with one attached hydrogen (secondary N) is 1. The highest BCUT2D eigenvalue weighted by Gasteiger charge is 2.39. The molecule has 1 aromatic rings. The van der Waals surface area contributed by atoms with Crippen molar-refractivity contribution in [2.24, 2.45) is 0 Å². The smallest absolute Gasteiger partial charge is 0.124 e. The van der Waals surface area contributed by atoms with Crippen LogP contribution in [-0.4, -0.2) is 26.4 Å². The Hall–Kier alpha value is -1.13. The molecule has 1 spiro atoms. The molecule has 1 fully saturated rings. The molecule has 0 amide bonds. The Morgan fingerprint density at radius 2 is 2.25 bits per heavy atom. The van der Waals surface area contributed by atoms with Crippen molar-refractivity contribution in [2.45, 2.75) is 12.0 Å². The van der Waals surface area contributed by atoms with Crippen LogP contribution in [0.3, 0.4) is 0 Å². The van der Waals surface area contributed by atoms with Gasteiger partial charge in [0.15, 0.2) is 0 Å². The summed E-state index contributed by atoms with van der Waals surface area (Å²) in [5.74, 6) is 0.543. The molecule has 0 bridgehead atoms. The molecule has 2 heterocycles. The van der Waals surface area contributed by atoms with Crippen molar-refractivity contribution in [3.05, 3.63) is 29.6 Å². The zero-order valence-corrected chi connectivity index (χ0v) is 8.96. The fraction of sp³-hybridized carbons (Fsp3) is 0.500. The molecule has 0 unspecified atom stereocenters. The van der Waals surface area contributed by atoms with Crippen LogP contribution in [0.15, 0.2) is 18.2 Å². The topological polar surface area (TPSA) is 30.5 Å². The number of morpholine rings is 1. The van der Waals surface area contributed by atoms with Gasteiger partial charge in [0.05, 0.1) is 25.4 Å². The molecule has 1 saturated heterocycles. The van der Waals surface area contributed by atoms with E-state index in [2.05, 4.69) is 5.32 Å². The summed E-state index contributed by atoms with van der Waals surface area (Å²) in [7, 11) is 0. The predicted molar refractivity (Wildman–Crippen MR) is 57.0 cm³/mol. The maximum absolute atomic E-state index is 13.3. The Balaban J connectivity index is 2.06. The van der Waals surface area contributed by atoms with Crippen molar-refractivity contribution in [1.82, 2.24) is 5.32 Å². The standard InChI is InChI=1S/C12H14FNO2/c13-9-1-2-11-10(7-9)12(3-5-16-11)8-15-6-4-14-12/h1-2,7,14H,3-6,8H2/t12-/m0/s1. The summed E-state index contributed by atoms with van der Waals surface area (Å²) in [6.45, 7) is 2.75. The molecule has 2 aliphatic rings. The van der Waals surface area contributed by atoms with Gasteiger partial charge >= 0.3 is 0 Å². The third kappa shape index (κ3) is 1.49. The van der Waals surface area contributed by atoms with Gasteiger partial charge in [-0.3, -0.25) is 0 Å². The highest BCUT2D eigenvalue weighted by molar-refractivity contribution is 5.41. The van der Waals surface area contributed by atoms with Crippen molar-refractivity contribution >= 4 is 0 Å². The molecular formula is C12H14FNO2. The fourth-order valence-electron chi connectivity index (χ4n) is 2.47. The molecule has 0 saturated carbocycles. The van der Waals surface area contributed by atoms with E-state index in [4.69, 9.17) is 9.47 Å². The summed E-state index contributed by atoms with van der Waals surface area (Å²) < 4.78 is 24.4. The Morgan fingerprint density at radius 3 is 3.06 bits per heavy atom. The van der Waals surface area contributed by atoms with Gasteiger partial charge in [-0.05, 0) is 18.2 Å². The lowest BCUT2D eigenvalue weighted by Gasteiger charge is -2.42. The van der Waals surface area contributed by atoms with Crippen LogP contribution in [0.2, 0.25) is 0 Å². The van der Waals surface area contributed by atoms with Crippen LogP contribution < -0.4 is 10.1 Å². The number of fused-ring (bicyclic) bond motifs is 2. The van der Waals surface area contributed by atoms with Gasteiger partial charge in [0.2, 0.25) is 0 Å². The quantitative estimate of drug-likeness (QED) is 0.721. The minimum Gasteiger partial charge on any atom is -0.493 e. The average Bonchev–Trinajstić information content (AvgIpc) is 2.32. The van der Waals surface area contributed by atoms with Crippen LogP contribution in [0, 0.1) is 5.82 Å². The Kier molecular flexibility index (Phi) is 2.33. The first-order valence-electron chi connectivity index (χ1n) is 5.56. The third-order valence-corrected chi connectivity index (χ3v) is 3.30. The molecule has 16 heavy (non-hydrogen) atoms. The zero-order valence-electron chi connectivity index (χ0n) is 8.96.